The minimum atomic E-state index is -4.72. The minimum absolute atomic E-state index is 0.148. The Morgan fingerprint density at radius 3 is 2.45 bits per heavy atom. The summed E-state index contributed by atoms with van der Waals surface area (Å²) in [6, 6.07) is 0. The number of hydroxylamine groups is 1. The van der Waals surface area contributed by atoms with E-state index >= 15 is 0 Å². The predicted octanol–water partition coefficient (Wildman–Crippen LogP) is 1.82. The maximum absolute atomic E-state index is 13.0. The maximum Gasteiger partial charge on any atom is 0.435 e. The molecule has 2 heterocycles. The number of hydrogen-bond acceptors (Lipinski definition) is 5. The number of sulfone groups is 1. The number of aryl methyl sites for hydroxylation is 1. The van der Waals surface area contributed by atoms with Gasteiger partial charge in [-0.25, -0.2) is 8.42 Å². The first-order chi connectivity index (χ1) is 9.83. The third-order valence-corrected chi connectivity index (χ3v) is 4.83. The lowest BCUT2D eigenvalue weighted by atomic mass is 10.1. The Morgan fingerprint density at radius 2 is 2.00 bits per heavy atom. The molecule has 0 saturated heterocycles. The second-order valence-electron chi connectivity index (χ2n) is 5.61. The molecule has 1 aliphatic heterocycles. The van der Waals surface area contributed by atoms with Gasteiger partial charge in [0.25, 0.3) is 0 Å². The summed E-state index contributed by atoms with van der Waals surface area (Å²) in [6.45, 7) is 4.64. The Labute approximate surface area is 125 Å². The zero-order valence-corrected chi connectivity index (χ0v) is 13.3. The molecular weight excluding hydrogens is 323 g/mol. The van der Waals surface area contributed by atoms with Gasteiger partial charge >= 0.3 is 6.18 Å². The summed E-state index contributed by atoms with van der Waals surface area (Å²) in [6.07, 6.45) is -3.40. The summed E-state index contributed by atoms with van der Waals surface area (Å²) >= 11 is 0. The molecule has 1 aromatic rings. The Bertz CT molecular complexity index is 733. The highest BCUT2D eigenvalue weighted by Crippen LogP contribution is 2.34. The monoisotopic (exact) mass is 339 g/mol. The number of alkyl halides is 3. The number of halogens is 3. The number of rotatable bonds is 3. The lowest BCUT2D eigenvalue weighted by Crippen LogP contribution is -2.23. The van der Waals surface area contributed by atoms with Gasteiger partial charge in [-0.2, -0.15) is 18.3 Å². The zero-order valence-electron chi connectivity index (χ0n) is 12.4. The van der Waals surface area contributed by atoms with Crippen molar-refractivity contribution in [2.24, 2.45) is 7.05 Å². The first kappa shape index (κ1) is 16.8. The Morgan fingerprint density at radius 1 is 1.41 bits per heavy atom. The largest absolute Gasteiger partial charge is 0.435 e. The fraction of sp³-hybridized carbons (Fsp3) is 0.583. The van der Waals surface area contributed by atoms with Gasteiger partial charge in [0.05, 0.1) is 5.75 Å². The average Bonchev–Trinajstić information content (AvgIpc) is 2.83. The van der Waals surface area contributed by atoms with E-state index in [2.05, 4.69) is 10.6 Å². The minimum Gasteiger partial charge on any atom is -0.272 e. The van der Waals surface area contributed by atoms with Crippen LogP contribution in [0.4, 0.5) is 13.2 Å². The van der Waals surface area contributed by atoms with Crippen molar-refractivity contribution in [3.63, 3.8) is 0 Å². The van der Waals surface area contributed by atoms with Crippen molar-refractivity contribution in [2.75, 3.05) is 0 Å². The van der Waals surface area contributed by atoms with Crippen LogP contribution in [0.25, 0.3) is 0 Å². The molecule has 2 rings (SSSR count). The SMILES string of the molecule is Cc1c(CS(=O)(=O)C2=CC(C)(C)ON2)c(C(F)(F)F)nn1C. The molecule has 1 N–H and O–H groups in total. The first-order valence-corrected chi connectivity index (χ1v) is 7.98. The van der Waals surface area contributed by atoms with Crippen molar-refractivity contribution in [1.29, 1.82) is 0 Å². The molecule has 22 heavy (non-hydrogen) atoms. The van der Waals surface area contributed by atoms with Gasteiger partial charge in [-0.15, -0.1) is 0 Å². The number of nitrogens with zero attached hydrogens (tertiary/aromatic N) is 2. The van der Waals surface area contributed by atoms with Crippen LogP contribution in [-0.4, -0.2) is 23.8 Å². The highest BCUT2D eigenvalue weighted by molar-refractivity contribution is 7.94. The van der Waals surface area contributed by atoms with E-state index in [-0.39, 0.29) is 16.3 Å². The quantitative estimate of drug-likeness (QED) is 0.909. The molecule has 0 unspecified atom stereocenters. The van der Waals surface area contributed by atoms with Crippen LogP contribution >= 0.6 is 0 Å². The van der Waals surface area contributed by atoms with Crippen molar-refractivity contribution in [3.8, 4) is 0 Å². The lowest BCUT2D eigenvalue weighted by Gasteiger charge is -2.11. The third kappa shape index (κ3) is 3.12. The van der Waals surface area contributed by atoms with E-state index in [9.17, 15) is 21.6 Å². The Hall–Kier alpha value is -1.55. The maximum atomic E-state index is 13.0. The van der Waals surface area contributed by atoms with Crippen LogP contribution in [0.2, 0.25) is 0 Å². The zero-order chi connectivity index (χ0) is 16.9. The molecule has 1 aliphatic rings. The average molecular weight is 339 g/mol. The van der Waals surface area contributed by atoms with Crippen LogP contribution in [-0.2, 0) is 33.7 Å². The second-order valence-corrected chi connectivity index (χ2v) is 7.57. The molecule has 0 saturated carbocycles. The molecule has 6 nitrogen and oxygen atoms in total. The predicted molar refractivity (Wildman–Crippen MR) is 72.0 cm³/mol. The summed E-state index contributed by atoms with van der Waals surface area (Å²) in [5, 5.41) is 3.14. The van der Waals surface area contributed by atoms with Gasteiger partial charge in [-0.05, 0) is 26.8 Å². The molecule has 124 valence electrons. The lowest BCUT2D eigenvalue weighted by molar-refractivity contribution is -0.141. The molecule has 0 aliphatic carbocycles. The molecule has 0 amide bonds. The van der Waals surface area contributed by atoms with Gasteiger partial charge in [0.15, 0.2) is 20.6 Å². The van der Waals surface area contributed by atoms with Gasteiger partial charge in [0, 0.05) is 18.3 Å². The van der Waals surface area contributed by atoms with E-state index in [1.165, 1.54) is 20.0 Å². The van der Waals surface area contributed by atoms with Crippen LogP contribution in [0.5, 0.6) is 0 Å². The smallest absolute Gasteiger partial charge is 0.272 e. The molecule has 0 aromatic carbocycles. The second kappa shape index (κ2) is 4.98. The van der Waals surface area contributed by atoms with Gasteiger partial charge < -0.3 is 0 Å². The van der Waals surface area contributed by atoms with Gasteiger partial charge in [0.1, 0.15) is 5.60 Å². The summed E-state index contributed by atoms with van der Waals surface area (Å²) in [5.74, 6) is -0.806. The topological polar surface area (TPSA) is 73.2 Å². The van der Waals surface area contributed by atoms with E-state index in [1.54, 1.807) is 13.8 Å². The van der Waals surface area contributed by atoms with Crippen LogP contribution in [0.3, 0.4) is 0 Å². The van der Waals surface area contributed by atoms with Crippen LogP contribution < -0.4 is 5.48 Å². The van der Waals surface area contributed by atoms with Crippen molar-refractivity contribution >= 4 is 9.84 Å². The molecular formula is C12H16F3N3O3S. The fourth-order valence-electron chi connectivity index (χ4n) is 2.03. The Kier molecular flexibility index (Phi) is 3.81. The molecule has 0 fully saturated rings. The number of nitrogens with one attached hydrogen (secondary N) is 1. The van der Waals surface area contributed by atoms with Gasteiger partial charge in [-0.1, -0.05) is 0 Å². The summed E-state index contributed by atoms with van der Waals surface area (Å²) in [7, 11) is -2.67. The number of hydrogen-bond donors (Lipinski definition) is 1. The normalized spacial score (nSPS) is 18.2. The van der Waals surface area contributed by atoms with Crippen molar-refractivity contribution in [2.45, 2.75) is 38.3 Å². The highest BCUT2D eigenvalue weighted by atomic mass is 32.2. The van der Waals surface area contributed by atoms with Crippen molar-refractivity contribution in [1.82, 2.24) is 15.3 Å². The molecule has 0 spiro atoms. The molecule has 0 radical (unpaired) electrons. The molecule has 10 heteroatoms. The van der Waals surface area contributed by atoms with Crippen molar-refractivity contribution in [3.05, 3.63) is 28.1 Å². The molecule has 1 aromatic heterocycles. The standard InChI is InChI=1S/C12H16F3N3O3S/c1-7-8(10(12(13,14)15)16-18(7)4)6-22(19,20)9-5-11(2,3)21-17-9/h5,17H,6H2,1-4H3. The highest BCUT2D eigenvalue weighted by Gasteiger charge is 2.40. The fourth-order valence-corrected chi connectivity index (χ4v) is 3.54. The van der Waals surface area contributed by atoms with E-state index in [0.717, 1.165) is 4.68 Å². The molecule has 0 atom stereocenters. The van der Waals surface area contributed by atoms with Crippen molar-refractivity contribution < 1.29 is 26.4 Å². The van der Waals surface area contributed by atoms with Crippen LogP contribution in [0, 0.1) is 6.92 Å². The van der Waals surface area contributed by atoms with E-state index in [4.69, 9.17) is 4.84 Å². The third-order valence-electron chi connectivity index (χ3n) is 3.29. The summed E-state index contributed by atoms with van der Waals surface area (Å²) in [5.41, 5.74) is 0.0122. The van der Waals surface area contributed by atoms with E-state index in [0.29, 0.717) is 0 Å². The van der Waals surface area contributed by atoms with Crippen LogP contribution in [0.1, 0.15) is 30.8 Å². The van der Waals surface area contributed by atoms with E-state index in [1.807, 2.05) is 0 Å². The van der Waals surface area contributed by atoms with Crippen LogP contribution in [0.15, 0.2) is 11.1 Å². The number of aromatic nitrogens is 2. The van der Waals surface area contributed by atoms with E-state index < -0.39 is 33.1 Å². The molecule has 0 bridgehead atoms. The summed E-state index contributed by atoms with van der Waals surface area (Å²) in [4.78, 5) is 5.05. The van der Waals surface area contributed by atoms with Gasteiger partial charge in [-0.3, -0.25) is 15.0 Å². The van der Waals surface area contributed by atoms with Gasteiger partial charge in [0.2, 0.25) is 0 Å². The first-order valence-electron chi connectivity index (χ1n) is 6.33. The Balaban J connectivity index is 2.44. The summed E-state index contributed by atoms with van der Waals surface area (Å²) < 4.78 is 64.6.